The molecule has 0 fully saturated rings. The van der Waals surface area contributed by atoms with Crippen molar-refractivity contribution in [2.24, 2.45) is 0 Å². The molecule has 0 amide bonds. The summed E-state index contributed by atoms with van der Waals surface area (Å²) in [5.74, 6) is 1.61. The lowest BCUT2D eigenvalue weighted by molar-refractivity contribution is -0.0476. The maximum absolute atomic E-state index is 6.05. The van der Waals surface area contributed by atoms with Crippen molar-refractivity contribution in [3.63, 3.8) is 0 Å². The maximum atomic E-state index is 6.05. The summed E-state index contributed by atoms with van der Waals surface area (Å²) >= 11 is 7.56. The van der Waals surface area contributed by atoms with Gasteiger partial charge in [0.2, 0.25) is 5.71 Å². The van der Waals surface area contributed by atoms with Crippen LogP contribution in [0.4, 0.5) is 0 Å². The monoisotopic (exact) mass is 398 g/mol. The number of thioether (sulfide) groups is 1. The van der Waals surface area contributed by atoms with Gasteiger partial charge in [0, 0.05) is 23.4 Å². The van der Waals surface area contributed by atoms with Crippen LogP contribution in [0.1, 0.15) is 32.1 Å². The van der Waals surface area contributed by atoms with E-state index in [4.69, 9.17) is 26.4 Å². The highest BCUT2D eigenvalue weighted by Crippen LogP contribution is 2.37. The topological polar surface area (TPSA) is 40.2 Å². The van der Waals surface area contributed by atoms with Gasteiger partial charge in [-0.25, -0.2) is 0 Å². The minimum atomic E-state index is -0.240. The summed E-state index contributed by atoms with van der Waals surface area (Å²) in [5, 5.41) is 1.74. The Kier molecular flexibility index (Phi) is 4.74. The molecule has 1 aliphatic heterocycles. The fraction of sp³-hybridized carbons (Fsp3) is 0.333. The van der Waals surface area contributed by atoms with Crippen molar-refractivity contribution in [2.45, 2.75) is 44.6 Å². The normalized spacial score (nSPS) is 15.7. The fourth-order valence-electron chi connectivity index (χ4n) is 3.26. The summed E-state index contributed by atoms with van der Waals surface area (Å²) in [6, 6.07) is 10.1. The van der Waals surface area contributed by atoms with Gasteiger partial charge in [-0.3, -0.25) is 4.57 Å². The molecular formula is C21H22N2O2S2. The zero-order valence-corrected chi connectivity index (χ0v) is 17.4. The van der Waals surface area contributed by atoms with Gasteiger partial charge in [0.1, 0.15) is 17.0 Å². The Morgan fingerprint density at radius 3 is 2.78 bits per heavy atom. The lowest BCUT2D eigenvalue weighted by atomic mass is 9.94. The average Bonchev–Trinajstić information content (AvgIpc) is 2.97. The Labute approximate surface area is 168 Å². The van der Waals surface area contributed by atoms with Crippen molar-refractivity contribution in [3.05, 3.63) is 58.4 Å². The van der Waals surface area contributed by atoms with Crippen molar-refractivity contribution in [1.29, 1.82) is 0 Å². The molecule has 0 bridgehead atoms. The molecule has 0 saturated carbocycles. The van der Waals surface area contributed by atoms with E-state index in [0.29, 0.717) is 12.3 Å². The van der Waals surface area contributed by atoms with Gasteiger partial charge in [-0.15, -0.1) is 0 Å². The summed E-state index contributed by atoms with van der Waals surface area (Å²) in [5.41, 5.74) is 3.57. The molecule has 0 aliphatic carbocycles. The van der Waals surface area contributed by atoms with Gasteiger partial charge >= 0.3 is 0 Å². The number of fused-ring (bicyclic) bond motifs is 3. The molecule has 2 aromatic heterocycles. The minimum absolute atomic E-state index is 0.240. The fourth-order valence-corrected chi connectivity index (χ4v) is 4.57. The SMILES string of the molecule is C=C(C)CSc1nc2oc3c(c2c(=S)n1-c1ccccc1)CC(C)(C)OC3. The molecule has 6 heteroatoms. The molecule has 1 aliphatic rings. The predicted molar refractivity (Wildman–Crippen MR) is 112 cm³/mol. The first kappa shape index (κ1) is 18.5. The number of nitrogens with zero attached hydrogens (tertiary/aromatic N) is 2. The van der Waals surface area contributed by atoms with E-state index in [0.717, 1.165) is 49.9 Å². The van der Waals surface area contributed by atoms with Crippen molar-refractivity contribution >= 4 is 35.1 Å². The van der Waals surface area contributed by atoms with Crippen LogP contribution in [0.15, 0.2) is 52.1 Å². The largest absolute Gasteiger partial charge is 0.440 e. The van der Waals surface area contributed by atoms with Crippen LogP contribution < -0.4 is 0 Å². The molecule has 1 aromatic carbocycles. The number of rotatable bonds is 4. The number of hydrogen-bond donors (Lipinski definition) is 0. The quantitative estimate of drug-likeness (QED) is 0.238. The van der Waals surface area contributed by atoms with Crippen molar-refractivity contribution < 1.29 is 9.15 Å². The molecule has 0 saturated heterocycles. The number of hydrogen-bond acceptors (Lipinski definition) is 5. The van der Waals surface area contributed by atoms with Gasteiger partial charge in [-0.1, -0.05) is 54.3 Å². The zero-order valence-electron chi connectivity index (χ0n) is 15.7. The van der Waals surface area contributed by atoms with E-state index in [9.17, 15) is 0 Å². The van der Waals surface area contributed by atoms with Crippen molar-refractivity contribution in [3.8, 4) is 5.69 Å². The molecule has 0 atom stereocenters. The van der Waals surface area contributed by atoms with Crippen LogP contribution in [0, 0.1) is 4.64 Å². The first-order valence-corrected chi connectivity index (χ1v) is 10.3. The minimum Gasteiger partial charge on any atom is -0.440 e. The van der Waals surface area contributed by atoms with E-state index in [-0.39, 0.29) is 5.60 Å². The third-order valence-corrected chi connectivity index (χ3v) is 6.09. The highest BCUT2D eigenvalue weighted by atomic mass is 32.2. The van der Waals surface area contributed by atoms with Crippen LogP contribution in [0.25, 0.3) is 16.8 Å². The summed E-state index contributed by atoms with van der Waals surface area (Å²) in [6.07, 6.45) is 0.758. The molecule has 0 unspecified atom stereocenters. The van der Waals surface area contributed by atoms with Crippen LogP contribution in [-0.4, -0.2) is 20.9 Å². The number of furan rings is 1. The van der Waals surface area contributed by atoms with E-state index in [1.807, 2.05) is 41.8 Å². The highest BCUT2D eigenvalue weighted by Gasteiger charge is 2.32. The standard InChI is InChI=1S/C21H22N2O2S2/c1-13(2)12-27-20-22-18-17(15-10-21(3,4)24-11-16(15)25-18)19(26)23(20)14-8-6-5-7-9-14/h5-9H,1,10-12H2,2-4H3. The maximum Gasteiger partial charge on any atom is 0.232 e. The summed E-state index contributed by atoms with van der Waals surface area (Å²) < 4.78 is 14.7. The molecule has 0 radical (unpaired) electrons. The van der Waals surface area contributed by atoms with Gasteiger partial charge < -0.3 is 9.15 Å². The van der Waals surface area contributed by atoms with E-state index in [1.165, 1.54) is 0 Å². The number of aromatic nitrogens is 2. The van der Waals surface area contributed by atoms with Crippen molar-refractivity contribution in [1.82, 2.24) is 9.55 Å². The van der Waals surface area contributed by atoms with Gasteiger partial charge in [0.25, 0.3) is 0 Å². The lowest BCUT2D eigenvalue weighted by Gasteiger charge is -2.29. The molecule has 4 nitrogen and oxygen atoms in total. The third-order valence-electron chi connectivity index (χ3n) is 4.54. The third kappa shape index (κ3) is 3.49. The Bertz CT molecular complexity index is 1080. The molecule has 27 heavy (non-hydrogen) atoms. The molecule has 0 N–H and O–H groups in total. The Morgan fingerprint density at radius 1 is 1.33 bits per heavy atom. The second-order valence-corrected chi connectivity index (χ2v) is 8.85. The van der Waals surface area contributed by atoms with E-state index >= 15 is 0 Å². The van der Waals surface area contributed by atoms with Crippen LogP contribution in [0.3, 0.4) is 0 Å². The predicted octanol–water partition coefficient (Wildman–Crippen LogP) is 5.87. The first-order valence-electron chi connectivity index (χ1n) is 8.89. The average molecular weight is 399 g/mol. The van der Waals surface area contributed by atoms with Gasteiger partial charge in [0.15, 0.2) is 5.16 Å². The van der Waals surface area contributed by atoms with E-state index in [1.54, 1.807) is 11.8 Å². The smallest absolute Gasteiger partial charge is 0.232 e. The number of ether oxygens (including phenoxy) is 1. The Hall–Kier alpha value is -1.89. The molecule has 3 heterocycles. The second-order valence-electron chi connectivity index (χ2n) is 7.53. The molecular weight excluding hydrogens is 376 g/mol. The van der Waals surface area contributed by atoms with Crippen LogP contribution in [0.2, 0.25) is 0 Å². The summed E-state index contributed by atoms with van der Waals surface area (Å²) in [7, 11) is 0. The molecule has 3 aromatic rings. The summed E-state index contributed by atoms with van der Waals surface area (Å²) in [6.45, 7) is 10.6. The highest BCUT2D eigenvalue weighted by molar-refractivity contribution is 7.99. The van der Waals surface area contributed by atoms with Gasteiger partial charge in [-0.2, -0.15) is 4.98 Å². The Balaban J connectivity index is 1.97. The van der Waals surface area contributed by atoms with E-state index < -0.39 is 0 Å². The first-order chi connectivity index (χ1) is 12.9. The van der Waals surface area contributed by atoms with Crippen LogP contribution in [-0.2, 0) is 17.8 Å². The van der Waals surface area contributed by atoms with Crippen LogP contribution >= 0.6 is 24.0 Å². The molecule has 4 rings (SSSR count). The van der Waals surface area contributed by atoms with Gasteiger partial charge in [0.05, 0.1) is 11.0 Å². The lowest BCUT2D eigenvalue weighted by Crippen LogP contribution is -2.31. The van der Waals surface area contributed by atoms with Gasteiger partial charge in [-0.05, 0) is 32.9 Å². The second kappa shape index (κ2) is 6.93. The van der Waals surface area contributed by atoms with Crippen molar-refractivity contribution in [2.75, 3.05) is 5.75 Å². The van der Waals surface area contributed by atoms with E-state index in [2.05, 4.69) is 20.4 Å². The molecule has 0 spiro atoms. The number of para-hydroxylation sites is 1. The zero-order chi connectivity index (χ0) is 19.2. The molecule has 140 valence electrons. The summed E-state index contributed by atoms with van der Waals surface area (Å²) in [4.78, 5) is 4.83. The Morgan fingerprint density at radius 2 is 2.07 bits per heavy atom. The van der Waals surface area contributed by atoms with Crippen LogP contribution in [0.5, 0.6) is 0 Å². The number of benzene rings is 1.